The minimum Gasteiger partial charge on any atom is -0.380 e. The van der Waals surface area contributed by atoms with Crippen molar-refractivity contribution >= 4 is 0 Å². The highest BCUT2D eigenvalue weighted by molar-refractivity contribution is 4.99. The predicted octanol–water partition coefficient (Wildman–Crippen LogP) is 2.05. The third kappa shape index (κ3) is 1.49. The zero-order valence-corrected chi connectivity index (χ0v) is 9.51. The molecule has 2 heteroatoms. The standard InChI is InChI=1S/C12H23NO/c1-3-10(7-13-2)12(8-14-9-12)11-5-4-6-11/h10-11,13H,3-9H2,1-2H3. The third-order valence-electron chi connectivity index (χ3n) is 4.42. The molecule has 1 saturated carbocycles. The molecule has 0 spiro atoms. The molecule has 1 saturated heterocycles. The molecule has 0 aromatic rings. The summed E-state index contributed by atoms with van der Waals surface area (Å²) < 4.78 is 5.50. The van der Waals surface area contributed by atoms with Crippen LogP contribution in [0.4, 0.5) is 0 Å². The lowest BCUT2D eigenvalue weighted by atomic mass is 9.57. The molecule has 2 nitrogen and oxygen atoms in total. The van der Waals surface area contributed by atoms with E-state index in [0.717, 1.165) is 31.6 Å². The van der Waals surface area contributed by atoms with Crippen molar-refractivity contribution in [3.8, 4) is 0 Å². The number of hydrogen-bond acceptors (Lipinski definition) is 2. The van der Waals surface area contributed by atoms with E-state index in [-0.39, 0.29) is 0 Å². The highest BCUT2D eigenvalue weighted by Crippen LogP contribution is 2.52. The van der Waals surface area contributed by atoms with Crippen LogP contribution in [-0.4, -0.2) is 26.8 Å². The molecule has 0 aromatic heterocycles. The Morgan fingerprint density at radius 1 is 1.43 bits per heavy atom. The van der Waals surface area contributed by atoms with Gasteiger partial charge in [0.25, 0.3) is 0 Å². The van der Waals surface area contributed by atoms with Gasteiger partial charge in [-0.05, 0) is 38.3 Å². The van der Waals surface area contributed by atoms with Crippen LogP contribution in [0.5, 0.6) is 0 Å². The lowest BCUT2D eigenvalue weighted by molar-refractivity contribution is -0.193. The smallest absolute Gasteiger partial charge is 0.0550 e. The molecular formula is C12H23NO. The van der Waals surface area contributed by atoms with Crippen molar-refractivity contribution in [1.82, 2.24) is 5.32 Å². The second kappa shape index (κ2) is 4.19. The lowest BCUT2D eigenvalue weighted by Gasteiger charge is -2.55. The van der Waals surface area contributed by atoms with Gasteiger partial charge in [-0.2, -0.15) is 0 Å². The summed E-state index contributed by atoms with van der Waals surface area (Å²) in [4.78, 5) is 0. The Hall–Kier alpha value is -0.0800. The molecule has 2 fully saturated rings. The van der Waals surface area contributed by atoms with Crippen molar-refractivity contribution in [3.05, 3.63) is 0 Å². The summed E-state index contributed by atoms with van der Waals surface area (Å²) in [7, 11) is 2.07. The van der Waals surface area contributed by atoms with Crippen molar-refractivity contribution in [2.45, 2.75) is 32.6 Å². The molecule has 0 radical (unpaired) electrons. The Bertz CT molecular complexity index is 185. The first-order valence-electron chi connectivity index (χ1n) is 6.06. The van der Waals surface area contributed by atoms with E-state index in [4.69, 9.17) is 4.74 Å². The molecule has 2 rings (SSSR count). The van der Waals surface area contributed by atoms with Crippen LogP contribution in [0, 0.1) is 17.3 Å². The zero-order valence-electron chi connectivity index (χ0n) is 9.51. The fourth-order valence-corrected chi connectivity index (χ4v) is 3.13. The monoisotopic (exact) mass is 197 g/mol. The second-order valence-electron chi connectivity index (χ2n) is 5.02. The minimum absolute atomic E-state index is 0.552. The topological polar surface area (TPSA) is 21.3 Å². The van der Waals surface area contributed by atoms with Crippen LogP contribution >= 0.6 is 0 Å². The molecule has 1 N–H and O–H groups in total. The van der Waals surface area contributed by atoms with E-state index in [0.29, 0.717) is 5.41 Å². The fourth-order valence-electron chi connectivity index (χ4n) is 3.13. The van der Waals surface area contributed by atoms with Gasteiger partial charge in [0.05, 0.1) is 13.2 Å². The SMILES string of the molecule is CCC(CNC)C1(C2CCC2)COC1. The van der Waals surface area contributed by atoms with Crippen molar-refractivity contribution < 1.29 is 4.74 Å². The Kier molecular flexibility index (Phi) is 3.13. The van der Waals surface area contributed by atoms with Gasteiger partial charge in [0, 0.05) is 5.41 Å². The molecule has 1 heterocycles. The van der Waals surface area contributed by atoms with Gasteiger partial charge in [-0.1, -0.05) is 19.8 Å². The van der Waals surface area contributed by atoms with Crippen LogP contribution in [0.1, 0.15) is 32.6 Å². The summed E-state index contributed by atoms with van der Waals surface area (Å²) in [5.74, 6) is 1.79. The first-order chi connectivity index (χ1) is 6.83. The number of hydrogen-bond donors (Lipinski definition) is 1. The highest BCUT2D eigenvalue weighted by Gasteiger charge is 2.51. The van der Waals surface area contributed by atoms with Crippen LogP contribution in [0.3, 0.4) is 0 Å². The minimum atomic E-state index is 0.552. The molecule has 1 aliphatic carbocycles. The quantitative estimate of drug-likeness (QED) is 0.728. The van der Waals surface area contributed by atoms with Crippen molar-refractivity contribution in [2.75, 3.05) is 26.8 Å². The zero-order chi connectivity index (χ0) is 10.0. The molecule has 82 valence electrons. The van der Waals surface area contributed by atoms with E-state index in [1.807, 2.05) is 0 Å². The molecule has 2 aliphatic rings. The highest BCUT2D eigenvalue weighted by atomic mass is 16.5. The van der Waals surface area contributed by atoms with E-state index in [1.54, 1.807) is 0 Å². The molecule has 0 bridgehead atoms. The van der Waals surface area contributed by atoms with Gasteiger partial charge in [0.1, 0.15) is 0 Å². The summed E-state index contributed by atoms with van der Waals surface area (Å²) >= 11 is 0. The average Bonchev–Trinajstić information content (AvgIpc) is 2.04. The summed E-state index contributed by atoms with van der Waals surface area (Å²) in [6.07, 6.45) is 5.64. The number of rotatable bonds is 5. The van der Waals surface area contributed by atoms with Crippen molar-refractivity contribution in [2.24, 2.45) is 17.3 Å². The van der Waals surface area contributed by atoms with Gasteiger partial charge in [-0.25, -0.2) is 0 Å². The molecule has 0 aromatic carbocycles. The lowest BCUT2D eigenvalue weighted by Crippen LogP contribution is -2.57. The van der Waals surface area contributed by atoms with Crippen LogP contribution in [0.2, 0.25) is 0 Å². The van der Waals surface area contributed by atoms with E-state index >= 15 is 0 Å². The van der Waals surface area contributed by atoms with Crippen LogP contribution in [0.25, 0.3) is 0 Å². The predicted molar refractivity (Wildman–Crippen MR) is 58.3 cm³/mol. The van der Waals surface area contributed by atoms with Crippen molar-refractivity contribution in [3.63, 3.8) is 0 Å². The maximum atomic E-state index is 5.50. The normalized spacial score (nSPS) is 27.9. The van der Waals surface area contributed by atoms with Gasteiger partial charge < -0.3 is 10.1 Å². The molecular weight excluding hydrogens is 174 g/mol. The maximum absolute atomic E-state index is 5.50. The molecule has 1 aliphatic heterocycles. The number of nitrogens with one attached hydrogen (secondary N) is 1. The Labute approximate surface area is 87.4 Å². The third-order valence-corrected chi connectivity index (χ3v) is 4.42. The molecule has 0 amide bonds. The average molecular weight is 197 g/mol. The van der Waals surface area contributed by atoms with Crippen LogP contribution in [-0.2, 0) is 4.74 Å². The first kappa shape index (κ1) is 10.4. The number of ether oxygens (including phenoxy) is 1. The van der Waals surface area contributed by atoms with Gasteiger partial charge in [0.15, 0.2) is 0 Å². The largest absolute Gasteiger partial charge is 0.380 e. The van der Waals surface area contributed by atoms with E-state index in [2.05, 4.69) is 19.3 Å². The van der Waals surface area contributed by atoms with E-state index in [1.165, 1.54) is 25.7 Å². The Balaban J connectivity index is 2.01. The Morgan fingerprint density at radius 2 is 2.14 bits per heavy atom. The van der Waals surface area contributed by atoms with Gasteiger partial charge in [-0.3, -0.25) is 0 Å². The first-order valence-corrected chi connectivity index (χ1v) is 6.06. The summed E-state index contributed by atoms with van der Waals surface area (Å²) in [5.41, 5.74) is 0.552. The van der Waals surface area contributed by atoms with Gasteiger partial charge >= 0.3 is 0 Å². The van der Waals surface area contributed by atoms with Crippen molar-refractivity contribution in [1.29, 1.82) is 0 Å². The summed E-state index contributed by atoms with van der Waals surface area (Å²) in [6.45, 7) is 5.53. The van der Waals surface area contributed by atoms with Gasteiger partial charge in [0.2, 0.25) is 0 Å². The summed E-state index contributed by atoms with van der Waals surface area (Å²) in [5, 5.41) is 3.34. The molecule has 1 unspecified atom stereocenters. The van der Waals surface area contributed by atoms with Crippen LogP contribution in [0.15, 0.2) is 0 Å². The van der Waals surface area contributed by atoms with E-state index in [9.17, 15) is 0 Å². The summed E-state index contributed by atoms with van der Waals surface area (Å²) in [6, 6.07) is 0. The van der Waals surface area contributed by atoms with E-state index < -0.39 is 0 Å². The maximum Gasteiger partial charge on any atom is 0.0550 e. The second-order valence-corrected chi connectivity index (χ2v) is 5.02. The van der Waals surface area contributed by atoms with Crippen LogP contribution < -0.4 is 5.32 Å². The Morgan fingerprint density at radius 3 is 2.43 bits per heavy atom. The fraction of sp³-hybridized carbons (Fsp3) is 1.00. The molecule has 14 heavy (non-hydrogen) atoms. The molecule has 1 atom stereocenters. The van der Waals surface area contributed by atoms with Gasteiger partial charge in [-0.15, -0.1) is 0 Å².